The number of fused-ring (bicyclic) bond motifs is 2. The van der Waals surface area contributed by atoms with E-state index in [1.165, 1.54) is 11.6 Å². The van der Waals surface area contributed by atoms with Crippen molar-refractivity contribution in [2.75, 3.05) is 19.7 Å². The molecule has 1 unspecified atom stereocenters. The molecule has 4 rings (SSSR count). The molecule has 0 spiro atoms. The van der Waals surface area contributed by atoms with E-state index in [0.717, 1.165) is 31.5 Å². The number of rotatable bonds is 4. The monoisotopic (exact) mass is 277 g/mol. The minimum Gasteiger partial charge on any atom is -0.377 e. The van der Waals surface area contributed by atoms with Gasteiger partial charge in [-0.05, 0) is 42.9 Å². The highest BCUT2D eigenvalue weighted by atomic mass is 19.1. The van der Waals surface area contributed by atoms with Crippen LogP contribution in [0.5, 0.6) is 0 Å². The molecule has 1 saturated heterocycles. The number of aliphatic hydroxyl groups excluding tert-OH is 1. The fraction of sp³-hybridized carbons (Fsp3) is 0.500. The van der Waals surface area contributed by atoms with E-state index in [1.54, 1.807) is 13.0 Å². The highest BCUT2D eigenvalue weighted by Crippen LogP contribution is 2.38. The van der Waals surface area contributed by atoms with Gasteiger partial charge < -0.3 is 14.7 Å². The van der Waals surface area contributed by atoms with Crippen molar-refractivity contribution in [1.82, 2.24) is 4.90 Å². The Kier molecular flexibility index (Phi) is 3.76. The summed E-state index contributed by atoms with van der Waals surface area (Å²) < 4.78 is 19.2. The maximum Gasteiger partial charge on any atom is 0.183 e. The summed E-state index contributed by atoms with van der Waals surface area (Å²) in [5, 5.41) is 9.72. The average molecular weight is 277 g/mol. The van der Waals surface area contributed by atoms with E-state index in [4.69, 9.17) is 4.74 Å². The molecule has 20 heavy (non-hydrogen) atoms. The molecule has 1 fully saturated rings. The second-order valence-electron chi connectivity index (χ2n) is 5.44. The number of benzene rings is 1. The zero-order chi connectivity index (χ0) is 14.1. The van der Waals surface area contributed by atoms with Crippen LogP contribution in [0.2, 0.25) is 0 Å². The number of piperidine rings is 1. The van der Waals surface area contributed by atoms with Gasteiger partial charge in [-0.15, -0.1) is 0 Å². The normalized spacial score (nSPS) is 20.1. The number of hydrogen-bond donors (Lipinski definition) is 1. The smallest absolute Gasteiger partial charge is 0.183 e. The molecule has 0 radical (unpaired) electrons. The lowest BCUT2D eigenvalue weighted by molar-refractivity contribution is -0.0998. The quantitative estimate of drug-likeness (QED) is 0.859. The maximum atomic E-state index is 14.1. The molecule has 4 heteroatoms. The summed E-state index contributed by atoms with van der Waals surface area (Å²) in [5.74, 6) is 0.142. The van der Waals surface area contributed by atoms with Crippen molar-refractivity contribution in [3.8, 4) is 0 Å². The molecule has 0 amide bonds. The van der Waals surface area contributed by atoms with Crippen LogP contribution >= 0.6 is 0 Å². The molecule has 108 valence electrons. The van der Waals surface area contributed by atoms with Crippen LogP contribution in [0.3, 0.4) is 0 Å². The molecular formula is C16H20FNO2. The molecule has 3 aliphatic rings. The molecule has 3 nitrogen and oxygen atoms in total. The number of hydrogen-bond acceptors (Lipinski definition) is 3. The molecule has 1 atom stereocenters. The van der Waals surface area contributed by atoms with Crippen LogP contribution < -0.4 is 0 Å². The van der Waals surface area contributed by atoms with E-state index in [0.29, 0.717) is 12.5 Å². The summed E-state index contributed by atoms with van der Waals surface area (Å²) in [7, 11) is 0. The number of nitrogens with zero attached hydrogens (tertiary/aromatic N) is 1. The second-order valence-corrected chi connectivity index (χ2v) is 5.44. The first kappa shape index (κ1) is 13.6. The largest absolute Gasteiger partial charge is 0.377 e. The Morgan fingerprint density at radius 3 is 2.70 bits per heavy atom. The first-order chi connectivity index (χ1) is 9.69. The predicted molar refractivity (Wildman–Crippen MR) is 75.3 cm³/mol. The Hall–Kier alpha value is -1.39. The minimum absolute atomic E-state index is 0.206. The average Bonchev–Trinajstić information content (AvgIpc) is 2.48. The van der Waals surface area contributed by atoms with E-state index >= 15 is 0 Å². The Balaban J connectivity index is 1.87. The van der Waals surface area contributed by atoms with Gasteiger partial charge in [0.2, 0.25) is 0 Å². The highest BCUT2D eigenvalue weighted by molar-refractivity contribution is 5.69. The molecule has 3 aliphatic heterocycles. The third kappa shape index (κ3) is 2.45. The van der Waals surface area contributed by atoms with Crippen LogP contribution in [0.1, 0.15) is 37.2 Å². The van der Waals surface area contributed by atoms with Crippen LogP contribution in [-0.4, -0.2) is 29.7 Å². The molecule has 0 saturated carbocycles. The molecule has 2 bridgehead atoms. The van der Waals surface area contributed by atoms with E-state index in [9.17, 15) is 9.50 Å². The van der Waals surface area contributed by atoms with Crippen LogP contribution in [0.25, 0.3) is 5.57 Å². The summed E-state index contributed by atoms with van der Waals surface area (Å²) >= 11 is 0. The van der Waals surface area contributed by atoms with Gasteiger partial charge in [0.25, 0.3) is 0 Å². The summed E-state index contributed by atoms with van der Waals surface area (Å²) in [6, 6.07) is 5.03. The standard InChI is InChI=1S/C16H20FNO2/c1-2-20-16(19)13-4-3-12(9-15(13)17)14-10-18-7-5-11(14)6-8-18/h3-4,9-11,16,19H,2,5-8H2,1H3. The summed E-state index contributed by atoms with van der Waals surface area (Å²) in [6.45, 7) is 4.34. The molecule has 0 aromatic heterocycles. The van der Waals surface area contributed by atoms with Crippen LogP contribution in [0.4, 0.5) is 4.39 Å². The SMILES string of the molecule is CCOC(O)c1ccc(C2=CN3CCC2CC3)cc1F. The Morgan fingerprint density at radius 2 is 2.15 bits per heavy atom. The highest BCUT2D eigenvalue weighted by Gasteiger charge is 2.28. The van der Waals surface area contributed by atoms with Gasteiger partial charge in [0, 0.05) is 31.5 Å². The van der Waals surface area contributed by atoms with Gasteiger partial charge in [0.1, 0.15) is 5.82 Å². The van der Waals surface area contributed by atoms with Gasteiger partial charge in [-0.3, -0.25) is 0 Å². The van der Waals surface area contributed by atoms with Crippen molar-refractivity contribution >= 4 is 5.57 Å². The predicted octanol–water partition coefficient (Wildman–Crippen LogP) is 2.92. The topological polar surface area (TPSA) is 32.7 Å². The third-order valence-electron chi connectivity index (χ3n) is 4.22. The van der Waals surface area contributed by atoms with Crippen LogP contribution in [0.15, 0.2) is 24.4 Å². The number of allylic oxidation sites excluding steroid dienone is 1. The lowest BCUT2D eigenvalue weighted by Crippen LogP contribution is -2.35. The lowest BCUT2D eigenvalue weighted by Gasteiger charge is -2.39. The van der Waals surface area contributed by atoms with E-state index in [1.807, 2.05) is 6.07 Å². The van der Waals surface area contributed by atoms with Gasteiger partial charge in [-0.25, -0.2) is 4.39 Å². The number of aliphatic hydroxyl groups is 1. The zero-order valence-corrected chi connectivity index (χ0v) is 11.7. The van der Waals surface area contributed by atoms with Gasteiger partial charge >= 0.3 is 0 Å². The Labute approximate surface area is 118 Å². The summed E-state index contributed by atoms with van der Waals surface area (Å²) in [4.78, 5) is 2.30. The van der Waals surface area contributed by atoms with Crippen molar-refractivity contribution in [2.45, 2.75) is 26.1 Å². The fourth-order valence-electron chi connectivity index (χ4n) is 3.11. The van der Waals surface area contributed by atoms with E-state index < -0.39 is 12.1 Å². The van der Waals surface area contributed by atoms with E-state index in [2.05, 4.69) is 11.1 Å². The molecule has 1 aromatic rings. The molecule has 1 aromatic carbocycles. The van der Waals surface area contributed by atoms with Gasteiger partial charge in [-0.2, -0.15) is 0 Å². The van der Waals surface area contributed by atoms with Crippen molar-refractivity contribution in [3.05, 3.63) is 41.3 Å². The summed E-state index contributed by atoms with van der Waals surface area (Å²) in [6.07, 6.45) is 3.27. The Morgan fingerprint density at radius 1 is 1.40 bits per heavy atom. The minimum atomic E-state index is -1.19. The van der Waals surface area contributed by atoms with Crippen molar-refractivity contribution < 1.29 is 14.2 Å². The summed E-state index contributed by atoms with van der Waals surface area (Å²) in [5.41, 5.74) is 2.35. The molecule has 0 aliphatic carbocycles. The van der Waals surface area contributed by atoms with Crippen LogP contribution in [-0.2, 0) is 4.74 Å². The lowest BCUT2D eigenvalue weighted by atomic mass is 9.82. The Bertz CT molecular complexity index is 521. The fourth-order valence-corrected chi connectivity index (χ4v) is 3.11. The number of ether oxygens (including phenoxy) is 1. The van der Waals surface area contributed by atoms with Crippen LogP contribution in [0, 0.1) is 11.7 Å². The van der Waals surface area contributed by atoms with Gasteiger partial charge in [-0.1, -0.05) is 12.1 Å². The van der Waals surface area contributed by atoms with Crippen molar-refractivity contribution in [1.29, 1.82) is 0 Å². The first-order valence-corrected chi connectivity index (χ1v) is 7.24. The molecule has 1 N–H and O–H groups in total. The van der Waals surface area contributed by atoms with Gasteiger partial charge in [0.05, 0.1) is 0 Å². The van der Waals surface area contributed by atoms with Crippen molar-refractivity contribution in [3.63, 3.8) is 0 Å². The van der Waals surface area contributed by atoms with Crippen molar-refractivity contribution in [2.24, 2.45) is 5.92 Å². The molecular weight excluding hydrogens is 257 g/mol. The zero-order valence-electron chi connectivity index (χ0n) is 11.7. The van der Waals surface area contributed by atoms with Gasteiger partial charge in [0.15, 0.2) is 6.29 Å². The van der Waals surface area contributed by atoms with E-state index in [-0.39, 0.29) is 5.56 Å². The number of halogens is 1. The third-order valence-corrected chi connectivity index (χ3v) is 4.22. The second kappa shape index (κ2) is 5.54. The first-order valence-electron chi connectivity index (χ1n) is 7.24. The molecule has 3 heterocycles. The maximum absolute atomic E-state index is 14.1.